The number of nitrogens with zero attached hydrogens (tertiary/aromatic N) is 6. The summed E-state index contributed by atoms with van der Waals surface area (Å²) in [7, 11) is -4.57. The van der Waals surface area contributed by atoms with Crippen molar-refractivity contribution < 1.29 is 27.4 Å². The van der Waals surface area contributed by atoms with Crippen molar-refractivity contribution in [2.75, 3.05) is 4.57 Å². The molecule has 0 bridgehead atoms. The van der Waals surface area contributed by atoms with Gasteiger partial charge in [0.2, 0.25) is 5.95 Å². The summed E-state index contributed by atoms with van der Waals surface area (Å²) >= 11 is 0. The van der Waals surface area contributed by atoms with Gasteiger partial charge in [0, 0.05) is 49.7 Å². The molecule has 1 aliphatic carbocycles. The second-order valence-electron chi connectivity index (χ2n) is 20.3. The van der Waals surface area contributed by atoms with E-state index in [1.54, 1.807) is 0 Å². The van der Waals surface area contributed by atoms with Crippen LogP contribution in [0.2, 0.25) is 0 Å². The molecule has 0 fully saturated rings. The van der Waals surface area contributed by atoms with Crippen molar-refractivity contribution >= 4 is 78.8 Å². The molecule has 1 aliphatic heterocycles. The monoisotopic (exact) mass is 1090 g/mol. The molecule has 7 heteroatoms. The van der Waals surface area contributed by atoms with E-state index < -0.39 is 163 Å². The largest absolute Gasteiger partial charge is 0.356 e. The molecule has 6 nitrogen and oxygen atoms in total. The van der Waals surface area contributed by atoms with Crippen molar-refractivity contribution in [3.63, 3.8) is 0 Å². The first-order valence-corrected chi connectivity index (χ1v) is 28.8. The van der Waals surface area contributed by atoms with Crippen molar-refractivity contribution in [3.05, 3.63) is 325 Å². The van der Waals surface area contributed by atoms with Gasteiger partial charge < -0.3 is 9.13 Å². The summed E-state index contributed by atoms with van der Waals surface area (Å²) in [6.07, 6.45) is 0. The van der Waals surface area contributed by atoms with Crippen molar-refractivity contribution in [3.8, 4) is 45.5 Å². The predicted molar refractivity (Wildman–Crippen MR) is 343 cm³/mol. The van der Waals surface area contributed by atoms with E-state index in [0.29, 0.717) is 21.7 Å². The van der Waals surface area contributed by atoms with Crippen LogP contribution < -0.4 is 20.1 Å². The maximum absolute atomic E-state index is 11.2. The van der Waals surface area contributed by atoms with Crippen molar-refractivity contribution in [1.29, 1.82) is 0 Å². The SMILES string of the molecule is [2H]c1c([2H])c(-c2nc(-c3cccc(-n4c5c([2H])c([2H])c([2H])c([2H])c5c5c([2H])c([2H])c([2H])c([2H])c54)c3)nc(-n3c4c([2H])c([2H])c([2H])c([2H])c4c4c([2H])c([2H])c([2H])c([2H])c43)n2)c([2H])c([Si](c2ccccc2)(c2ccccc2)N2c3ccccc3C3(c4ccccc4-c4ccccc43)c3ccccc32)c1[2H]. The quantitative estimate of drug-likeness (QED) is 0.112. The highest BCUT2D eigenvalue weighted by molar-refractivity contribution is 7.14. The topological polar surface area (TPSA) is 51.8 Å². The molecule has 0 N–H and O–H groups in total. The molecular weight excluding hydrogens is 1020 g/mol. The maximum atomic E-state index is 11.2. The van der Waals surface area contributed by atoms with E-state index in [1.165, 1.54) is 28.8 Å². The van der Waals surface area contributed by atoms with Crippen molar-refractivity contribution in [1.82, 2.24) is 24.1 Å². The van der Waals surface area contributed by atoms with Crippen LogP contribution in [0.5, 0.6) is 0 Å². The summed E-state index contributed by atoms with van der Waals surface area (Å²) in [6, 6.07) is 44.9. The van der Waals surface area contributed by atoms with Gasteiger partial charge >= 0.3 is 0 Å². The zero-order valence-electron chi connectivity index (χ0n) is 63.5. The lowest BCUT2D eigenvalue weighted by atomic mass is 9.65. The van der Waals surface area contributed by atoms with Crippen molar-refractivity contribution in [2.45, 2.75) is 5.41 Å². The summed E-state index contributed by atoms with van der Waals surface area (Å²) in [4.78, 5) is 15.2. The van der Waals surface area contributed by atoms with Crippen LogP contribution >= 0.6 is 0 Å². The van der Waals surface area contributed by atoms with E-state index in [2.05, 4.69) is 41.0 Å². The van der Waals surface area contributed by atoms with Crippen LogP contribution in [0, 0.1) is 0 Å². The Hall–Kier alpha value is -10.7. The lowest BCUT2D eigenvalue weighted by molar-refractivity contribution is 0.755. The maximum Gasteiger partial charge on any atom is 0.257 e. The van der Waals surface area contributed by atoms with E-state index in [9.17, 15) is 13.7 Å². The van der Waals surface area contributed by atoms with Gasteiger partial charge in [-0.25, -0.2) is 4.98 Å². The van der Waals surface area contributed by atoms with Gasteiger partial charge in [-0.05, 0) is 103 Å². The molecule has 15 aromatic rings. The average Bonchev–Trinajstić information content (AvgIpc) is 1.52. The van der Waals surface area contributed by atoms with E-state index >= 15 is 0 Å². The molecule has 4 heterocycles. The molecule has 0 saturated heterocycles. The number of benzene rings is 12. The molecule has 0 radical (unpaired) electrons. The van der Waals surface area contributed by atoms with E-state index in [4.69, 9.17) is 28.7 Å². The normalized spacial score (nSPS) is 16.5. The molecule has 388 valence electrons. The standard InChI is InChI=1S/C76H50N6Si/c1-3-28-54(29-4-1)83(55-30-5-2-6-31-55,82-71-47-21-15-41-65(71)76(66-42-16-22-48-72(66)82)63-39-13-7-33-57(63)58-34-8-14-40-64(58)76)56-32-24-26-52(50-56)74-77-73(78-75(79-74)81-69-45-19-11-37-61(69)62-38-12-20-46-70(62)81)51-25-23-27-53(49-51)80-67-43-17-9-35-59(67)60-36-10-18-44-68(60)80/h1-50H/i9D,10D,11D,12D,17D,18D,19D,20D,24D,26D,32D,35D,36D,37D,38D,43D,44D,45D,46D,50D. The minimum absolute atomic E-state index is 0.0137. The smallest absolute Gasteiger partial charge is 0.257 e. The number of hydrogen-bond donors (Lipinski definition) is 0. The first-order chi connectivity index (χ1) is 49.5. The van der Waals surface area contributed by atoms with Gasteiger partial charge in [0.15, 0.2) is 11.6 Å². The third-order valence-electron chi connectivity index (χ3n) is 16.2. The molecule has 83 heavy (non-hydrogen) atoms. The predicted octanol–water partition coefficient (Wildman–Crippen LogP) is 15.9. The summed E-state index contributed by atoms with van der Waals surface area (Å²) in [5, 5.41) is 0.258. The fraction of sp³-hybridized carbons (Fsp3) is 0.0132. The van der Waals surface area contributed by atoms with Gasteiger partial charge in [0.1, 0.15) is 0 Å². The van der Waals surface area contributed by atoms with E-state index in [0.717, 1.165) is 37.9 Å². The third kappa shape index (κ3) is 6.74. The number of fused-ring (bicyclic) bond motifs is 15. The van der Waals surface area contributed by atoms with Gasteiger partial charge in [-0.3, -0.25) is 4.57 Å². The van der Waals surface area contributed by atoms with Gasteiger partial charge in [-0.15, -0.1) is 0 Å². The number of para-hydroxylation sites is 6. The highest BCUT2D eigenvalue weighted by Gasteiger charge is 2.56. The summed E-state index contributed by atoms with van der Waals surface area (Å²) in [6.45, 7) is 0. The molecule has 1 spiro atoms. The summed E-state index contributed by atoms with van der Waals surface area (Å²) < 4.78 is 193. The van der Waals surface area contributed by atoms with Crippen LogP contribution in [0.3, 0.4) is 0 Å². The Labute approximate surface area is 509 Å². The Morgan fingerprint density at radius 2 is 0.795 bits per heavy atom. The number of anilines is 2. The first-order valence-electron chi connectivity index (χ1n) is 36.8. The van der Waals surface area contributed by atoms with Gasteiger partial charge in [-0.2, -0.15) is 9.97 Å². The molecule has 17 rings (SSSR count). The molecule has 3 aromatic heterocycles. The Kier molecular flexibility index (Phi) is 6.94. The van der Waals surface area contributed by atoms with Crippen LogP contribution in [0.4, 0.5) is 11.4 Å². The number of aromatic nitrogens is 5. The Bertz CT molecular complexity index is 6020. The third-order valence-corrected chi connectivity index (χ3v) is 20.7. The van der Waals surface area contributed by atoms with E-state index in [-0.39, 0.29) is 54.8 Å². The average molecular weight is 1100 g/mol. The van der Waals surface area contributed by atoms with Crippen LogP contribution in [-0.2, 0) is 5.41 Å². The summed E-state index contributed by atoms with van der Waals surface area (Å²) in [5.41, 5.74) is 4.86. The fourth-order valence-corrected chi connectivity index (χ4v) is 17.7. The zero-order valence-corrected chi connectivity index (χ0v) is 44.5. The molecule has 0 atom stereocenters. The van der Waals surface area contributed by atoms with Crippen LogP contribution in [-0.4, -0.2) is 32.3 Å². The Morgan fingerprint density at radius 1 is 0.349 bits per heavy atom. The minimum Gasteiger partial charge on any atom is -0.356 e. The lowest BCUT2D eigenvalue weighted by Crippen LogP contribution is -2.77. The second kappa shape index (κ2) is 18.4. The van der Waals surface area contributed by atoms with Crippen molar-refractivity contribution in [2.24, 2.45) is 0 Å². The molecule has 0 amide bonds. The zero-order chi connectivity index (χ0) is 72.0. The van der Waals surface area contributed by atoms with Gasteiger partial charge in [0.25, 0.3) is 8.24 Å². The fourth-order valence-electron chi connectivity index (χ4n) is 13.0. The lowest BCUT2D eigenvalue weighted by Gasteiger charge is -2.52. The van der Waals surface area contributed by atoms with Gasteiger partial charge in [0.05, 0.1) is 54.9 Å². The second-order valence-corrected chi connectivity index (χ2v) is 23.8. The summed E-state index contributed by atoms with van der Waals surface area (Å²) in [5.74, 6) is -1.44. The molecule has 2 aliphatic rings. The van der Waals surface area contributed by atoms with Gasteiger partial charge in [-0.1, -0.05) is 248 Å². The molecular formula is C76H50N6Si. The van der Waals surface area contributed by atoms with Crippen LogP contribution in [0.15, 0.2) is 303 Å². The molecule has 0 unspecified atom stereocenters. The highest BCUT2D eigenvalue weighted by Crippen LogP contribution is 2.63. The number of hydrogen-bond acceptors (Lipinski definition) is 4. The van der Waals surface area contributed by atoms with Crippen LogP contribution in [0.1, 0.15) is 49.7 Å². The highest BCUT2D eigenvalue weighted by atomic mass is 28.3. The minimum atomic E-state index is -4.57. The first kappa shape index (κ1) is 31.3. The molecule has 0 saturated carbocycles. The molecule has 12 aromatic carbocycles. The van der Waals surface area contributed by atoms with E-state index in [1.807, 2.05) is 121 Å². The Balaban J connectivity index is 1.01. The number of rotatable bonds is 8. The van der Waals surface area contributed by atoms with Crippen LogP contribution in [0.25, 0.3) is 89.2 Å². The Morgan fingerprint density at radius 3 is 1.33 bits per heavy atom.